The Balaban J connectivity index is 2.80. The first kappa shape index (κ1) is 10.7. The van der Waals surface area contributed by atoms with Gasteiger partial charge >= 0.3 is 0 Å². The standard InChI is InChI=1S/C12H9ClN2O/c1-2-12(16)15-7-8(6-14)10-4-3-9(13)5-11(10)15/h3-5,7H,2H2,1H3. The molecule has 4 heteroatoms. The Labute approximate surface area is 97.8 Å². The van der Waals surface area contributed by atoms with Crippen molar-refractivity contribution in [3.63, 3.8) is 0 Å². The Kier molecular flexibility index (Phi) is 2.67. The van der Waals surface area contributed by atoms with E-state index >= 15 is 0 Å². The van der Waals surface area contributed by atoms with Crippen LogP contribution in [0.25, 0.3) is 10.9 Å². The number of nitrogens with zero attached hydrogens (tertiary/aromatic N) is 2. The highest BCUT2D eigenvalue weighted by Crippen LogP contribution is 2.24. The fraction of sp³-hybridized carbons (Fsp3) is 0.167. The molecule has 0 fully saturated rings. The molecule has 0 N–H and O–H groups in total. The van der Waals surface area contributed by atoms with E-state index in [4.69, 9.17) is 16.9 Å². The molecule has 1 aromatic carbocycles. The van der Waals surface area contributed by atoms with Crippen LogP contribution in [0.1, 0.15) is 23.7 Å². The predicted molar refractivity (Wildman–Crippen MR) is 62.6 cm³/mol. The van der Waals surface area contributed by atoms with Crippen LogP contribution in [-0.4, -0.2) is 10.5 Å². The molecular weight excluding hydrogens is 224 g/mol. The first-order valence-corrected chi connectivity index (χ1v) is 5.29. The largest absolute Gasteiger partial charge is 0.286 e. The second-order valence-electron chi connectivity index (χ2n) is 3.43. The molecule has 2 aromatic rings. The summed E-state index contributed by atoms with van der Waals surface area (Å²) in [5, 5.41) is 10.3. The number of aromatic nitrogens is 1. The Morgan fingerprint density at radius 2 is 2.31 bits per heavy atom. The fourth-order valence-corrected chi connectivity index (χ4v) is 1.83. The molecule has 80 valence electrons. The quantitative estimate of drug-likeness (QED) is 0.758. The van der Waals surface area contributed by atoms with E-state index in [9.17, 15) is 4.79 Å². The van der Waals surface area contributed by atoms with Gasteiger partial charge in [-0.1, -0.05) is 24.6 Å². The molecule has 0 bridgehead atoms. The summed E-state index contributed by atoms with van der Waals surface area (Å²) >= 11 is 5.88. The van der Waals surface area contributed by atoms with Crippen LogP contribution >= 0.6 is 11.6 Å². The van der Waals surface area contributed by atoms with Crippen molar-refractivity contribution in [3.05, 3.63) is 35.0 Å². The fourth-order valence-electron chi connectivity index (χ4n) is 1.67. The monoisotopic (exact) mass is 232 g/mol. The average molecular weight is 233 g/mol. The Morgan fingerprint density at radius 3 is 2.94 bits per heavy atom. The lowest BCUT2D eigenvalue weighted by Gasteiger charge is -2.00. The number of nitriles is 1. The third-order valence-corrected chi connectivity index (χ3v) is 2.69. The maximum Gasteiger partial charge on any atom is 0.230 e. The van der Waals surface area contributed by atoms with Crippen molar-refractivity contribution in [1.29, 1.82) is 5.26 Å². The number of rotatable bonds is 1. The van der Waals surface area contributed by atoms with Gasteiger partial charge in [0.15, 0.2) is 0 Å². The highest BCUT2D eigenvalue weighted by molar-refractivity contribution is 6.31. The summed E-state index contributed by atoms with van der Waals surface area (Å²) in [5.41, 5.74) is 1.18. The summed E-state index contributed by atoms with van der Waals surface area (Å²) < 4.78 is 1.49. The molecule has 0 aliphatic rings. The van der Waals surface area contributed by atoms with Crippen molar-refractivity contribution in [3.8, 4) is 6.07 Å². The van der Waals surface area contributed by atoms with Crippen LogP contribution in [0.2, 0.25) is 5.02 Å². The number of benzene rings is 1. The molecule has 16 heavy (non-hydrogen) atoms. The molecular formula is C12H9ClN2O. The predicted octanol–water partition coefficient (Wildman–Crippen LogP) is 3.22. The first-order chi connectivity index (χ1) is 7.67. The molecule has 0 aliphatic heterocycles. The van der Waals surface area contributed by atoms with Crippen LogP contribution in [0, 0.1) is 11.3 Å². The van der Waals surface area contributed by atoms with Gasteiger partial charge in [0, 0.05) is 23.0 Å². The van der Waals surface area contributed by atoms with Crippen LogP contribution < -0.4 is 0 Å². The molecule has 0 unspecified atom stereocenters. The van der Waals surface area contributed by atoms with E-state index in [1.807, 2.05) is 0 Å². The minimum atomic E-state index is -0.0474. The van der Waals surface area contributed by atoms with Crippen LogP contribution in [0.5, 0.6) is 0 Å². The van der Waals surface area contributed by atoms with Gasteiger partial charge in [0.05, 0.1) is 11.1 Å². The van der Waals surface area contributed by atoms with Gasteiger partial charge in [-0.2, -0.15) is 5.26 Å². The molecule has 3 nitrogen and oxygen atoms in total. The van der Waals surface area contributed by atoms with Gasteiger partial charge in [-0.05, 0) is 12.1 Å². The average Bonchev–Trinajstić information content (AvgIpc) is 2.66. The van der Waals surface area contributed by atoms with E-state index in [1.165, 1.54) is 4.57 Å². The molecule has 0 aliphatic carbocycles. The summed E-state index contributed by atoms with van der Waals surface area (Å²) in [5.74, 6) is -0.0474. The molecule has 0 amide bonds. The lowest BCUT2D eigenvalue weighted by atomic mass is 10.2. The maximum atomic E-state index is 11.7. The lowest BCUT2D eigenvalue weighted by Crippen LogP contribution is -2.06. The summed E-state index contributed by atoms with van der Waals surface area (Å²) in [6.45, 7) is 1.78. The lowest BCUT2D eigenvalue weighted by molar-refractivity contribution is 0.0914. The highest BCUT2D eigenvalue weighted by atomic mass is 35.5. The van der Waals surface area contributed by atoms with Gasteiger partial charge in [-0.25, -0.2) is 0 Å². The smallest absolute Gasteiger partial charge is 0.230 e. The molecule has 0 spiro atoms. The minimum Gasteiger partial charge on any atom is -0.286 e. The number of carbonyl (C=O) groups is 1. The zero-order chi connectivity index (χ0) is 11.7. The third kappa shape index (κ3) is 1.58. The number of hydrogen-bond acceptors (Lipinski definition) is 2. The van der Waals surface area contributed by atoms with Crippen molar-refractivity contribution in [1.82, 2.24) is 4.57 Å². The van der Waals surface area contributed by atoms with Crippen molar-refractivity contribution < 1.29 is 4.79 Å². The van der Waals surface area contributed by atoms with Crippen molar-refractivity contribution in [2.24, 2.45) is 0 Å². The molecule has 2 rings (SSSR count). The van der Waals surface area contributed by atoms with Gasteiger partial charge in [-0.3, -0.25) is 9.36 Å². The van der Waals surface area contributed by atoms with Crippen LogP contribution in [0.4, 0.5) is 0 Å². The molecule has 1 aromatic heterocycles. The van der Waals surface area contributed by atoms with Crippen molar-refractivity contribution in [2.75, 3.05) is 0 Å². The number of hydrogen-bond donors (Lipinski definition) is 0. The second kappa shape index (κ2) is 3.99. The van der Waals surface area contributed by atoms with Gasteiger partial charge < -0.3 is 0 Å². The Bertz CT molecular complexity index is 607. The Hall–Kier alpha value is -1.79. The van der Waals surface area contributed by atoms with Crippen LogP contribution in [0.3, 0.4) is 0 Å². The SMILES string of the molecule is CCC(=O)n1cc(C#N)c2ccc(Cl)cc21. The van der Waals surface area contributed by atoms with Crippen molar-refractivity contribution >= 4 is 28.4 Å². The molecule has 0 saturated heterocycles. The maximum absolute atomic E-state index is 11.7. The highest BCUT2D eigenvalue weighted by Gasteiger charge is 2.12. The van der Waals surface area contributed by atoms with E-state index in [0.29, 0.717) is 22.5 Å². The van der Waals surface area contributed by atoms with E-state index in [0.717, 1.165) is 5.39 Å². The summed E-state index contributed by atoms with van der Waals surface area (Å²) in [7, 11) is 0. The zero-order valence-electron chi connectivity index (χ0n) is 8.70. The van der Waals surface area contributed by atoms with Gasteiger partial charge in [0.2, 0.25) is 5.91 Å². The minimum absolute atomic E-state index is 0.0474. The molecule has 0 atom stereocenters. The number of carbonyl (C=O) groups excluding carboxylic acids is 1. The molecule has 0 saturated carbocycles. The van der Waals surface area contributed by atoms with E-state index in [2.05, 4.69) is 6.07 Å². The number of fused-ring (bicyclic) bond motifs is 1. The topological polar surface area (TPSA) is 45.8 Å². The van der Waals surface area contributed by atoms with Crippen molar-refractivity contribution in [2.45, 2.75) is 13.3 Å². The molecule has 1 heterocycles. The molecule has 0 radical (unpaired) electrons. The second-order valence-corrected chi connectivity index (χ2v) is 3.87. The summed E-state index contributed by atoms with van der Waals surface area (Å²) in [6.07, 6.45) is 1.95. The van der Waals surface area contributed by atoms with Gasteiger partial charge in [0.1, 0.15) is 6.07 Å². The third-order valence-electron chi connectivity index (χ3n) is 2.46. The van der Waals surface area contributed by atoms with E-state index in [1.54, 1.807) is 31.3 Å². The Morgan fingerprint density at radius 1 is 1.56 bits per heavy atom. The number of halogens is 1. The van der Waals surface area contributed by atoms with Crippen LogP contribution in [0.15, 0.2) is 24.4 Å². The van der Waals surface area contributed by atoms with Gasteiger partial charge in [0.25, 0.3) is 0 Å². The first-order valence-electron chi connectivity index (χ1n) is 4.91. The van der Waals surface area contributed by atoms with E-state index in [-0.39, 0.29) is 5.91 Å². The van der Waals surface area contributed by atoms with Gasteiger partial charge in [-0.15, -0.1) is 0 Å². The summed E-state index contributed by atoms with van der Waals surface area (Å²) in [6, 6.07) is 7.25. The normalized spacial score (nSPS) is 10.3. The van der Waals surface area contributed by atoms with E-state index < -0.39 is 0 Å². The zero-order valence-corrected chi connectivity index (χ0v) is 9.45. The van der Waals surface area contributed by atoms with Crippen LogP contribution in [-0.2, 0) is 0 Å². The summed E-state index contributed by atoms with van der Waals surface area (Å²) in [4.78, 5) is 11.7.